The van der Waals surface area contributed by atoms with Crippen molar-refractivity contribution >= 4 is 38.6 Å². The number of nitrogens with zero attached hydrogens (tertiary/aromatic N) is 1. The number of benzene rings is 2. The van der Waals surface area contributed by atoms with Crippen LogP contribution in [0.25, 0.3) is 10.8 Å². The number of rotatable bonds is 4. The number of fused-ring (bicyclic) bond motifs is 1. The summed E-state index contributed by atoms with van der Waals surface area (Å²) >= 11 is 3.44. The zero-order valence-corrected chi connectivity index (χ0v) is 14.9. The van der Waals surface area contributed by atoms with Crippen molar-refractivity contribution in [3.63, 3.8) is 0 Å². The van der Waals surface area contributed by atoms with Crippen molar-refractivity contribution in [2.24, 2.45) is 0 Å². The Kier molecular flexibility index (Phi) is 5.04. The van der Waals surface area contributed by atoms with E-state index in [1.165, 1.54) is 7.11 Å². The molecule has 1 fully saturated rings. The maximum atomic E-state index is 12.3. The molecule has 0 spiro atoms. The van der Waals surface area contributed by atoms with Crippen LogP contribution < -0.4 is 4.74 Å². The second-order valence-corrected chi connectivity index (χ2v) is 6.63. The first-order valence-electron chi connectivity index (χ1n) is 7.78. The van der Waals surface area contributed by atoms with Gasteiger partial charge in [0.25, 0.3) is 5.91 Å². The molecule has 126 valence electrons. The van der Waals surface area contributed by atoms with Crippen LogP contribution in [0.5, 0.6) is 5.75 Å². The number of ether oxygens (including phenoxy) is 2. The lowest BCUT2D eigenvalue weighted by atomic mass is 10.1. The van der Waals surface area contributed by atoms with Crippen molar-refractivity contribution in [2.45, 2.75) is 18.9 Å². The molecule has 2 aromatic rings. The van der Waals surface area contributed by atoms with Gasteiger partial charge in [-0.05, 0) is 47.9 Å². The number of hydrogen-bond acceptors (Lipinski definition) is 4. The van der Waals surface area contributed by atoms with Crippen molar-refractivity contribution in [1.82, 2.24) is 4.90 Å². The smallest absolute Gasteiger partial charge is 0.328 e. The fraction of sp³-hybridized carbons (Fsp3) is 0.333. The summed E-state index contributed by atoms with van der Waals surface area (Å²) in [6, 6.07) is 11.2. The predicted molar refractivity (Wildman–Crippen MR) is 93.9 cm³/mol. The van der Waals surface area contributed by atoms with E-state index in [0.29, 0.717) is 18.7 Å². The number of carbonyl (C=O) groups is 2. The molecule has 1 atom stereocenters. The molecule has 24 heavy (non-hydrogen) atoms. The van der Waals surface area contributed by atoms with Crippen LogP contribution >= 0.6 is 15.9 Å². The second kappa shape index (κ2) is 7.21. The molecular formula is C18H18BrNO4. The van der Waals surface area contributed by atoms with Crippen molar-refractivity contribution < 1.29 is 19.1 Å². The Balaban J connectivity index is 1.65. The van der Waals surface area contributed by atoms with Gasteiger partial charge in [0, 0.05) is 11.0 Å². The number of amides is 1. The van der Waals surface area contributed by atoms with Gasteiger partial charge in [0.2, 0.25) is 0 Å². The fourth-order valence-corrected chi connectivity index (χ4v) is 3.34. The molecule has 1 saturated heterocycles. The van der Waals surface area contributed by atoms with E-state index in [4.69, 9.17) is 9.47 Å². The van der Waals surface area contributed by atoms with Crippen LogP contribution in [-0.4, -0.2) is 43.1 Å². The Morgan fingerprint density at radius 2 is 1.96 bits per heavy atom. The highest BCUT2D eigenvalue weighted by Crippen LogP contribution is 2.24. The largest absolute Gasteiger partial charge is 0.484 e. The Labute approximate surface area is 148 Å². The summed E-state index contributed by atoms with van der Waals surface area (Å²) in [5.74, 6) is 0.0722. The minimum atomic E-state index is -0.486. The van der Waals surface area contributed by atoms with Crippen molar-refractivity contribution in [3.8, 4) is 5.75 Å². The topological polar surface area (TPSA) is 55.8 Å². The van der Waals surface area contributed by atoms with E-state index in [1.54, 1.807) is 4.90 Å². The van der Waals surface area contributed by atoms with Crippen molar-refractivity contribution in [1.29, 1.82) is 0 Å². The number of likely N-dealkylation sites (tertiary alicyclic amines) is 1. The van der Waals surface area contributed by atoms with E-state index in [2.05, 4.69) is 15.9 Å². The lowest BCUT2D eigenvalue weighted by Gasteiger charge is -2.22. The number of esters is 1. The highest BCUT2D eigenvalue weighted by molar-refractivity contribution is 9.10. The van der Waals surface area contributed by atoms with Gasteiger partial charge in [-0.1, -0.05) is 28.1 Å². The van der Waals surface area contributed by atoms with Gasteiger partial charge in [-0.15, -0.1) is 0 Å². The predicted octanol–water partition coefficient (Wildman–Crippen LogP) is 3.15. The van der Waals surface area contributed by atoms with Crippen LogP contribution in [0.4, 0.5) is 0 Å². The van der Waals surface area contributed by atoms with Gasteiger partial charge in [-0.2, -0.15) is 0 Å². The van der Waals surface area contributed by atoms with Crippen molar-refractivity contribution in [3.05, 3.63) is 40.9 Å². The molecule has 0 bridgehead atoms. The summed E-state index contributed by atoms with van der Waals surface area (Å²) in [5.41, 5.74) is 0. The molecule has 0 aliphatic carbocycles. The molecule has 1 heterocycles. The Morgan fingerprint density at radius 3 is 2.75 bits per heavy atom. The molecule has 5 nitrogen and oxygen atoms in total. The normalized spacial score (nSPS) is 17.1. The quantitative estimate of drug-likeness (QED) is 0.751. The Bertz CT molecular complexity index is 777. The lowest BCUT2D eigenvalue weighted by Crippen LogP contribution is -2.43. The van der Waals surface area contributed by atoms with Gasteiger partial charge in [0.1, 0.15) is 11.8 Å². The molecule has 1 amide bonds. The van der Waals surface area contributed by atoms with Crippen LogP contribution in [0.15, 0.2) is 40.9 Å². The van der Waals surface area contributed by atoms with Gasteiger partial charge in [-0.3, -0.25) is 4.79 Å². The summed E-state index contributed by atoms with van der Waals surface area (Å²) < 4.78 is 11.4. The summed E-state index contributed by atoms with van der Waals surface area (Å²) in [5, 5.41) is 2.13. The average molecular weight is 392 g/mol. The molecule has 3 rings (SSSR count). The van der Waals surface area contributed by atoms with Crippen molar-refractivity contribution in [2.75, 3.05) is 20.3 Å². The Morgan fingerprint density at radius 1 is 1.21 bits per heavy atom. The van der Waals surface area contributed by atoms with Crippen LogP contribution in [0.2, 0.25) is 0 Å². The molecule has 0 radical (unpaired) electrons. The van der Waals surface area contributed by atoms with Crippen LogP contribution in [0.3, 0.4) is 0 Å². The highest BCUT2D eigenvalue weighted by atomic mass is 79.9. The maximum absolute atomic E-state index is 12.3. The molecule has 1 aliphatic heterocycles. The molecule has 6 heteroatoms. The van der Waals surface area contributed by atoms with E-state index < -0.39 is 6.04 Å². The summed E-state index contributed by atoms with van der Waals surface area (Å²) in [6.45, 7) is 0.475. The zero-order valence-electron chi connectivity index (χ0n) is 13.3. The summed E-state index contributed by atoms with van der Waals surface area (Å²) in [7, 11) is 1.34. The van der Waals surface area contributed by atoms with Gasteiger partial charge < -0.3 is 14.4 Å². The fourth-order valence-electron chi connectivity index (χ4n) is 2.96. The minimum Gasteiger partial charge on any atom is -0.484 e. The van der Waals surface area contributed by atoms with Gasteiger partial charge in [-0.25, -0.2) is 4.79 Å². The second-order valence-electron chi connectivity index (χ2n) is 5.71. The van der Waals surface area contributed by atoms with E-state index in [0.717, 1.165) is 21.7 Å². The summed E-state index contributed by atoms with van der Waals surface area (Å²) in [4.78, 5) is 25.6. The molecule has 1 unspecified atom stereocenters. The number of hydrogen-bond donors (Lipinski definition) is 0. The first kappa shape index (κ1) is 16.8. The minimum absolute atomic E-state index is 0.0878. The standard InChI is InChI=1S/C18H18BrNO4/c1-23-18(22)16-3-2-8-20(16)17(21)11-24-15-7-5-12-9-14(19)6-4-13(12)10-15/h4-7,9-10,16H,2-3,8,11H2,1H3. The molecule has 2 aromatic carbocycles. The molecular weight excluding hydrogens is 374 g/mol. The van der Waals surface area contributed by atoms with Gasteiger partial charge >= 0.3 is 5.97 Å². The van der Waals surface area contributed by atoms with E-state index in [-0.39, 0.29) is 18.5 Å². The maximum Gasteiger partial charge on any atom is 0.328 e. The SMILES string of the molecule is COC(=O)C1CCCN1C(=O)COc1ccc2cc(Br)ccc2c1. The number of methoxy groups -OCH3 is 1. The molecule has 0 N–H and O–H groups in total. The third-order valence-electron chi connectivity index (χ3n) is 4.18. The summed E-state index contributed by atoms with van der Waals surface area (Å²) in [6.07, 6.45) is 1.44. The Hall–Kier alpha value is -2.08. The molecule has 1 aliphatic rings. The lowest BCUT2D eigenvalue weighted by molar-refractivity contribution is -0.151. The number of carbonyl (C=O) groups excluding carboxylic acids is 2. The first-order valence-corrected chi connectivity index (χ1v) is 8.57. The van der Waals surface area contributed by atoms with E-state index in [9.17, 15) is 9.59 Å². The van der Waals surface area contributed by atoms with E-state index in [1.807, 2.05) is 36.4 Å². The van der Waals surface area contributed by atoms with Gasteiger partial charge in [0.15, 0.2) is 6.61 Å². The van der Waals surface area contributed by atoms with Crippen LogP contribution in [-0.2, 0) is 14.3 Å². The number of halogens is 1. The zero-order chi connectivity index (χ0) is 17.1. The van der Waals surface area contributed by atoms with E-state index >= 15 is 0 Å². The highest BCUT2D eigenvalue weighted by Gasteiger charge is 2.34. The third kappa shape index (κ3) is 3.53. The van der Waals surface area contributed by atoms with Crippen LogP contribution in [0, 0.1) is 0 Å². The van der Waals surface area contributed by atoms with Crippen LogP contribution in [0.1, 0.15) is 12.8 Å². The monoisotopic (exact) mass is 391 g/mol. The molecule has 0 saturated carbocycles. The molecule has 0 aromatic heterocycles. The third-order valence-corrected chi connectivity index (χ3v) is 4.68. The van der Waals surface area contributed by atoms with Gasteiger partial charge in [0.05, 0.1) is 7.11 Å². The first-order chi connectivity index (χ1) is 11.6. The average Bonchev–Trinajstić information content (AvgIpc) is 3.08.